The molecule has 0 N–H and O–H groups in total. The molecule has 9 aromatic rings. The molecule has 0 atom stereocenters. The molecule has 0 spiro atoms. The molecule has 0 radical (unpaired) electrons. The maximum absolute atomic E-state index is 2.47. The monoisotopic (exact) mass is 611 g/mol. The number of benzene rings is 8. The van der Waals surface area contributed by atoms with Gasteiger partial charge in [0.1, 0.15) is 0 Å². The molecule has 1 nitrogen and oxygen atoms in total. The number of rotatable bonds is 3. The van der Waals surface area contributed by atoms with E-state index in [2.05, 4.69) is 182 Å². The van der Waals surface area contributed by atoms with Crippen LogP contribution in [0.1, 0.15) is 25.0 Å². The Kier molecular flexibility index (Phi) is 5.69. The average molecular weight is 612 g/mol. The van der Waals surface area contributed by atoms with Crippen LogP contribution in [-0.2, 0) is 5.41 Å². The lowest BCUT2D eigenvalue weighted by Gasteiger charge is -2.36. The van der Waals surface area contributed by atoms with Crippen LogP contribution in [0, 0.1) is 0 Å². The van der Waals surface area contributed by atoms with Crippen LogP contribution in [-0.4, -0.2) is 4.57 Å². The molecule has 0 saturated carbocycles. The van der Waals surface area contributed by atoms with Crippen LogP contribution >= 0.6 is 0 Å². The van der Waals surface area contributed by atoms with E-state index in [1.807, 2.05) is 0 Å². The summed E-state index contributed by atoms with van der Waals surface area (Å²) in [5.74, 6) is 0. The summed E-state index contributed by atoms with van der Waals surface area (Å²) in [6, 6.07) is 60.5. The summed E-state index contributed by atoms with van der Waals surface area (Å²) in [4.78, 5) is 0. The molecule has 1 aliphatic rings. The maximum Gasteiger partial charge on any atom is 0.0541 e. The van der Waals surface area contributed by atoms with E-state index in [-0.39, 0.29) is 5.41 Å². The van der Waals surface area contributed by atoms with E-state index in [0.29, 0.717) is 0 Å². The first-order valence-corrected chi connectivity index (χ1v) is 16.9. The lowest BCUT2D eigenvalue weighted by molar-refractivity contribution is 0.646. The second-order valence-corrected chi connectivity index (χ2v) is 13.7. The number of nitrogens with zero attached hydrogens (tertiary/aromatic N) is 1. The van der Waals surface area contributed by atoms with E-state index < -0.39 is 0 Å². The largest absolute Gasteiger partial charge is 0.309 e. The Balaban J connectivity index is 1.22. The maximum atomic E-state index is 2.47. The molecular weight excluding hydrogens is 579 g/mol. The van der Waals surface area contributed by atoms with Crippen LogP contribution in [0.2, 0.25) is 0 Å². The summed E-state index contributed by atoms with van der Waals surface area (Å²) in [5, 5.41) is 7.89. The molecule has 1 heterocycles. The third-order valence-electron chi connectivity index (χ3n) is 10.8. The van der Waals surface area contributed by atoms with Gasteiger partial charge in [0.05, 0.1) is 11.0 Å². The van der Waals surface area contributed by atoms with Crippen LogP contribution in [0.25, 0.3) is 82.4 Å². The van der Waals surface area contributed by atoms with Crippen molar-refractivity contribution in [1.82, 2.24) is 4.57 Å². The molecule has 1 aromatic heterocycles. The predicted octanol–water partition coefficient (Wildman–Crippen LogP) is 12.7. The Bertz CT molecular complexity index is 2730. The zero-order chi connectivity index (χ0) is 32.0. The normalized spacial score (nSPS) is 13.4. The first-order chi connectivity index (χ1) is 23.6. The number of hydrogen-bond acceptors (Lipinski definition) is 0. The van der Waals surface area contributed by atoms with E-state index in [0.717, 1.165) is 0 Å². The lowest BCUT2D eigenvalue weighted by Crippen LogP contribution is -2.24. The molecule has 0 amide bonds. The molecule has 8 aromatic carbocycles. The van der Waals surface area contributed by atoms with Gasteiger partial charge in [-0.25, -0.2) is 0 Å². The van der Waals surface area contributed by atoms with Gasteiger partial charge in [0.15, 0.2) is 0 Å². The predicted molar refractivity (Wildman–Crippen MR) is 204 cm³/mol. The van der Waals surface area contributed by atoms with E-state index in [4.69, 9.17) is 0 Å². The highest BCUT2D eigenvalue weighted by Crippen LogP contribution is 2.54. The second-order valence-electron chi connectivity index (χ2n) is 13.7. The van der Waals surface area contributed by atoms with Gasteiger partial charge in [-0.3, -0.25) is 0 Å². The van der Waals surface area contributed by atoms with Gasteiger partial charge in [0.2, 0.25) is 0 Å². The van der Waals surface area contributed by atoms with Crippen LogP contribution in [0.4, 0.5) is 0 Å². The van der Waals surface area contributed by atoms with Crippen LogP contribution in [0.5, 0.6) is 0 Å². The van der Waals surface area contributed by atoms with Crippen molar-refractivity contribution in [3.8, 4) is 39.1 Å². The lowest BCUT2D eigenvalue weighted by atomic mass is 9.66. The van der Waals surface area contributed by atoms with E-state index in [9.17, 15) is 0 Å². The molecule has 0 saturated heterocycles. The third kappa shape index (κ3) is 3.73. The zero-order valence-corrected chi connectivity index (χ0v) is 27.0. The summed E-state index contributed by atoms with van der Waals surface area (Å²) in [5.41, 5.74) is 14.0. The summed E-state index contributed by atoms with van der Waals surface area (Å²) in [6.45, 7) is 4.81. The number of fused-ring (bicyclic) bond motifs is 7. The summed E-state index contributed by atoms with van der Waals surface area (Å²) >= 11 is 0. The molecule has 226 valence electrons. The van der Waals surface area contributed by atoms with Crippen molar-refractivity contribution in [1.29, 1.82) is 0 Å². The molecule has 0 bridgehead atoms. The Morgan fingerprint density at radius 1 is 0.396 bits per heavy atom. The van der Waals surface area contributed by atoms with Gasteiger partial charge in [0.25, 0.3) is 0 Å². The Hall–Kier alpha value is -5.92. The van der Waals surface area contributed by atoms with Crippen molar-refractivity contribution < 1.29 is 0 Å². The topological polar surface area (TPSA) is 4.93 Å². The molecule has 0 unspecified atom stereocenters. The van der Waals surface area contributed by atoms with Crippen molar-refractivity contribution in [2.24, 2.45) is 0 Å². The van der Waals surface area contributed by atoms with Gasteiger partial charge in [-0.05, 0) is 102 Å². The minimum atomic E-state index is -0.179. The van der Waals surface area contributed by atoms with Crippen LogP contribution in [0.15, 0.2) is 164 Å². The van der Waals surface area contributed by atoms with Gasteiger partial charge in [-0.2, -0.15) is 0 Å². The minimum Gasteiger partial charge on any atom is -0.309 e. The van der Waals surface area contributed by atoms with Gasteiger partial charge in [0, 0.05) is 21.9 Å². The van der Waals surface area contributed by atoms with Crippen LogP contribution < -0.4 is 0 Å². The molecule has 48 heavy (non-hydrogen) atoms. The van der Waals surface area contributed by atoms with Crippen molar-refractivity contribution in [2.75, 3.05) is 0 Å². The SMILES string of the molecule is CC1(C)c2cc(-c3ccc4c(c3)c3ccccc3n4-c3ccccc3)ccc2-c2c3ccccc3c(-c3ccccc3)c3cccc1c23. The van der Waals surface area contributed by atoms with E-state index in [1.165, 1.54) is 93.5 Å². The summed E-state index contributed by atoms with van der Waals surface area (Å²) in [6.07, 6.45) is 0. The highest BCUT2D eigenvalue weighted by atomic mass is 15.0. The third-order valence-corrected chi connectivity index (χ3v) is 10.8. The molecule has 0 fully saturated rings. The van der Waals surface area contributed by atoms with Crippen LogP contribution in [0.3, 0.4) is 0 Å². The summed E-state index contributed by atoms with van der Waals surface area (Å²) < 4.78 is 2.39. The highest BCUT2D eigenvalue weighted by molar-refractivity contribution is 6.23. The van der Waals surface area contributed by atoms with Crippen molar-refractivity contribution in [2.45, 2.75) is 19.3 Å². The fourth-order valence-corrected chi connectivity index (χ4v) is 8.56. The zero-order valence-electron chi connectivity index (χ0n) is 27.0. The Morgan fingerprint density at radius 2 is 1.00 bits per heavy atom. The van der Waals surface area contributed by atoms with Crippen molar-refractivity contribution in [3.63, 3.8) is 0 Å². The number of para-hydroxylation sites is 2. The molecule has 1 aliphatic carbocycles. The fourth-order valence-electron chi connectivity index (χ4n) is 8.56. The van der Waals surface area contributed by atoms with Gasteiger partial charge in [-0.1, -0.05) is 141 Å². The Labute approximate surface area is 280 Å². The number of aromatic nitrogens is 1. The van der Waals surface area contributed by atoms with Gasteiger partial charge >= 0.3 is 0 Å². The van der Waals surface area contributed by atoms with Gasteiger partial charge < -0.3 is 4.57 Å². The average Bonchev–Trinajstić information content (AvgIpc) is 3.47. The van der Waals surface area contributed by atoms with E-state index in [1.54, 1.807) is 0 Å². The quantitative estimate of drug-likeness (QED) is 0.175. The smallest absolute Gasteiger partial charge is 0.0541 e. The summed E-state index contributed by atoms with van der Waals surface area (Å²) in [7, 11) is 0. The fraction of sp³-hybridized carbons (Fsp3) is 0.0638. The molecule has 1 heteroatoms. The molecule has 10 rings (SSSR count). The second kappa shape index (κ2) is 10.0. The van der Waals surface area contributed by atoms with Gasteiger partial charge in [-0.15, -0.1) is 0 Å². The first kappa shape index (κ1) is 27.2. The van der Waals surface area contributed by atoms with Crippen molar-refractivity contribution in [3.05, 3.63) is 175 Å². The molecular formula is C47H33N. The van der Waals surface area contributed by atoms with Crippen molar-refractivity contribution >= 4 is 43.4 Å². The number of hydrogen-bond donors (Lipinski definition) is 0. The Morgan fingerprint density at radius 3 is 1.79 bits per heavy atom. The first-order valence-electron chi connectivity index (χ1n) is 16.9. The molecule has 0 aliphatic heterocycles. The standard InChI is InChI=1S/C47H33N/c1-47(2)40-22-13-21-38-44(30-14-5-3-6-15-30)35-19-9-10-20-36(35)45(46(38)40)37-26-24-32(29-41(37)47)31-25-27-43-39(28-31)34-18-11-12-23-42(34)48(43)33-16-7-4-8-17-33/h3-29H,1-2H3. The minimum absolute atomic E-state index is 0.179. The van der Waals surface area contributed by atoms with E-state index >= 15 is 0 Å². The highest BCUT2D eigenvalue weighted by Gasteiger charge is 2.35.